The van der Waals surface area contributed by atoms with Gasteiger partial charge in [0.2, 0.25) is 10.0 Å². The molecule has 0 unspecified atom stereocenters. The van der Waals surface area contributed by atoms with E-state index in [4.69, 9.17) is 0 Å². The van der Waals surface area contributed by atoms with Crippen LogP contribution < -0.4 is 0 Å². The molecule has 3 aromatic heterocycles. The number of benzene rings is 2. The lowest BCUT2D eigenvalue weighted by atomic mass is 10.0. The summed E-state index contributed by atoms with van der Waals surface area (Å²) in [7, 11) is -0.664. The van der Waals surface area contributed by atoms with E-state index in [-0.39, 0.29) is 16.7 Å². The molecule has 1 aliphatic heterocycles. The van der Waals surface area contributed by atoms with Gasteiger partial charge in [-0.05, 0) is 42.3 Å². The zero-order valence-corrected chi connectivity index (χ0v) is 23.8. The number of aryl methyl sites for hydroxylation is 1. The molecule has 12 heteroatoms. The molecule has 1 fully saturated rings. The fourth-order valence-corrected chi connectivity index (χ4v) is 6.94. The van der Waals surface area contributed by atoms with Gasteiger partial charge in [0.25, 0.3) is 0 Å². The monoisotopic (exact) mass is 575 g/mol. The minimum absolute atomic E-state index is 0.0887. The molecular weight excluding hydrogens is 545 g/mol. The number of imidazole rings is 1. The van der Waals surface area contributed by atoms with Gasteiger partial charge in [0, 0.05) is 58.1 Å². The highest BCUT2D eigenvalue weighted by atomic mass is 32.2. The molecule has 0 saturated carbocycles. The zero-order chi connectivity index (χ0) is 28.9. The van der Waals surface area contributed by atoms with Crippen molar-refractivity contribution in [2.75, 3.05) is 40.3 Å². The first-order valence-corrected chi connectivity index (χ1v) is 14.7. The molecule has 0 spiro atoms. The van der Waals surface area contributed by atoms with Crippen LogP contribution in [0.1, 0.15) is 5.82 Å². The molecule has 4 heterocycles. The number of aromatic nitrogens is 4. The lowest BCUT2D eigenvalue weighted by molar-refractivity contribution is 0.153. The highest BCUT2D eigenvalue weighted by Crippen LogP contribution is 2.32. The summed E-state index contributed by atoms with van der Waals surface area (Å²) < 4.78 is 46.4. The first-order chi connectivity index (χ1) is 19.6. The average Bonchev–Trinajstić information content (AvgIpc) is 3.51. The lowest BCUT2D eigenvalue weighted by Gasteiger charge is -2.34. The third-order valence-electron chi connectivity index (χ3n) is 7.57. The van der Waals surface area contributed by atoms with Gasteiger partial charge in [0.05, 0.1) is 23.9 Å². The van der Waals surface area contributed by atoms with Crippen LogP contribution in [0, 0.1) is 12.7 Å². The Hall–Kier alpha value is -4.13. The van der Waals surface area contributed by atoms with Crippen molar-refractivity contribution in [1.82, 2.24) is 33.2 Å². The smallest absolute Gasteiger partial charge is 0.328 e. The van der Waals surface area contributed by atoms with E-state index >= 15 is 0 Å². The highest BCUT2D eigenvalue weighted by molar-refractivity contribution is 7.89. The number of carbonyl (C=O) groups excluding carboxylic acids is 1. The van der Waals surface area contributed by atoms with Gasteiger partial charge in [0.15, 0.2) is 0 Å². The first kappa shape index (κ1) is 27.1. The van der Waals surface area contributed by atoms with Gasteiger partial charge in [-0.3, -0.25) is 14.5 Å². The van der Waals surface area contributed by atoms with Crippen molar-refractivity contribution >= 4 is 38.0 Å². The van der Waals surface area contributed by atoms with E-state index in [9.17, 15) is 17.6 Å². The minimum atomic E-state index is -3.90. The number of amides is 1. The van der Waals surface area contributed by atoms with Crippen molar-refractivity contribution < 1.29 is 17.6 Å². The second-order valence-electron chi connectivity index (χ2n) is 10.4. The fourth-order valence-electron chi connectivity index (χ4n) is 5.33. The van der Waals surface area contributed by atoms with E-state index in [0.717, 1.165) is 28.0 Å². The van der Waals surface area contributed by atoms with Crippen LogP contribution in [0.25, 0.3) is 33.1 Å². The number of fused-ring (bicyclic) bond motifs is 2. The van der Waals surface area contributed by atoms with Crippen molar-refractivity contribution in [3.05, 3.63) is 78.8 Å². The van der Waals surface area contributed by atoms with Crippen LogP contribution >= 0.6 is 0 Å². The first-order valence-electron chi connectivity index (χ1n) is 13.3. The summed E-state index contributed by atoms with van der Waals surface area (Å²) in [6, 6.07) is 12.9. The normalized spacial score (nSPS) is 15.1. The van der Waals surface area contributed by atoms with E-state index in [1.54, 1.807) is 56.8 Å². The van der Waals surface area contributed by atoms with Crippen molar-refractivity contribution in [2.24, 2.45) is 0 Å². The third-order valence-corrected chi connectivity index (χ3v) is 9.49. The van der Waals surface area contributed by atoms with E-state index in [2.05, 4.69) is 19.4 Å². The van der Waals surface area contributed by atoms with Crippen LogP contribution in [0.2, 0.25) is 0 Å². The quantitative estimate of drug-likeness (QED) is 0.315. The molecule has 0 radical (unpaired) electrons. The molecule has 1 saturated heterocycles. The Morgan fingerprint density at radius 1 is 0.976 bits per heavy atom. The topological polar surface area (TPSA) is 96.6 Å². The summed E-state index contributed by atoms with van der Waals surface area (Å²) in [6.07, 6.45) is 4.90. The Kier molecular flexibility index (Phi) is 6.84. The number of hydrogen-bond donors (Lipinski definition) is 0. The van der Waals surface area contributed by atoms with Crippen LogP contribution in [0.3, 0.4) is 0 Å². The SMILES string of the molecule is Cc1nc2cnccc2n1CN1CCN(S(=O)(=O)c2cn(C(=O)N(C)C)c3cc(-c4ccc(F)cc4)ccc23)CC1. The second kappa shape index (κ2) is 10.4. The molecule has 5 aromatic rings. The third kappa shape index (κ3) is 4.88. The molecule has 212 valence electrons. The fraction of sp³-hybridized carbons (Fsp3) is 0.276. The predicted octanol–water partition coefficient (Wildman–Crippen LogP) is 3.99. The molecule has 10 nitrogen and oxygen atoms in total. The number of sulfonamides is 1. The minimum Gasteiger partial charge on any atom is -0.330 e. The number of carbonyl (C=O) groups is 1. The number of hydrogen-bond acceptors (Lipinski definition) is 6. The van der Waals surface area contributed by atoms with E-state index in [1.807, 2.05) is 13.0 Å². The molecule has 0 N–H and O–H groups in total. The van der Waals surface area contributed by atoms with Gasteiger partial charge in [-0.25, -0.2) is 22.6 Å². The Morgan fingerprint density at radius 3 is 2.39 bits per heavy atom. The standard InChI is InChI=1S/C29H30FN7O3S/c1-20-32-25-17-31-11-10-26(25)37(20)19-34-12-14-35(15-13-34)41(39,40)28-18-36(29(38)33(2)3)27-16-22(6-9-24(27)28)21-4-7-23(30)8-5-21/h4-11,16-18H,12-15,19H2,1-3H3. The number of piperazine rings is 1. The van der Waals surface area contributed by atoms with Crippen molar-refractivity contribution in [2.45, 2.75) is 18.5 Å². The van der Waals surface area contributed by atoms with Crippen molar-refractivity contribution in [1.29, 1.82) is 0 Å². The largest absolute Gasteiger partial charge is 0.330 e. The maximum Gasteiger partial charge on any atom is 0.328 e. The zero-order valence-electron chi connectivity index (χ0n) is 23.0. The molecular formula is C29H30FN7O3S. The van der Waals surface area contributed by atoms with Crippen LogP contribution in [0.4, 0.5) is 9.18 Å². The van der Waals surface area contributed by atoms with E-state index in [0.29, 0.717) is 43.8 Å². The number of halogens is 1. The van der Waals surface area contributed by atoms with Crippen molar-refractivity contribution in [3.63, 3.8) is 0 Å². The summed E-state index contributed by atoms with van der Waals surface area (Å²) in [4.78, 5) is 25.5. The molecule has 0 bridgehead atoms. The number of nitrogens with zero attached hydrogens (tertiary/aromatic N) is 7. The summed E-state index contributed by atoms with van der Waals surface area (Å²) in [5, 5.41) is 0.461. The van der Waals surface area contributed by atoms with Crippen LogP contribution in [0.5, 0.6) is 0 Å². The molecule has 6 rings (SSSR count). The lowest BCUT2D eigenvalue weighted by Crippen LogP contribution is -2.48. The van der Waals surface area contributed by atoms with Gasteiger partial charge >= 0.3 is 6.03 Å². The second-order valence-corrected chi connectivity index (χ2v) is 12.3. The summed E-state index contributed by atoms with van der Waals surface area (Å²) in [5.74, 6) is 0.529. The van der Waals surface area contributed by atoms with Crippen LogP contribution in [-0.4, -0.2) is 87.9 Å². The summed E-state index contributed by atoms with van der Waals surface area (Å²) >= 11 is 0. The van der Waals surface area contributed by atoms with Gasteiger partial charge in [-0.15, -0.1) is 0 Å². The maximum absolute atomic E-state index is 14.0. The summed E-state index contributed by atoms with van der Waals surface area (Å²) in [6.45, 7) is 4.28. The summed E-state index contributed by atoms with van der Waals surface area (Å²) in [5.41, 5.74) is 3.80. The molecule has 0 aliphatic carbocycles. The molecule has 1 amide bonds. The predicted molar refractivity (Wildman–Crippen MR) is 154 cm³/mol. The Balaban J connectivity index is 1.29. The van der Waals surface area contributed by atoms with Gasteiger partial charge in [0.1, 0.15) is 22.1 Å². The molecule has 41 heavy (non-hydrogen) atoms. The van der Waals surface area contributed by atoms with E-state index in [1.165, 1.54) is 32.1 Å². The average molecular weight is 576 g/mol. The van der Waals surface area contributed by atoms with E-state index < -0.39 is 10.0 Å². The van der Waals surface area contributed by atoms with Gasteiger partial charge in [-0.2, -0.15) is 4.31 Å². The number of rotatable bonds is 5. The highest BCUT2D eigenvalue weighted by Gasteiger charge is 2.32. The molecule has 2 aromatic carbocycles. The number of pyridine rings is 1. The van der Waals surface area contributed by atoms with Crippen LogP contribution in [0.15, 0.2) is 72.0 Å². The maximum atomic E-state index is 14.0. The Morgan fingerprint density at radius 2 is 1.68 bits per heavy atom. The Bertz CT molecular complexity index is 1870. The molecule has 0 atom stereocenters. The molecule has 1 aliphatic rings. The van der Waals surface area contributed by atoms with Gasteiger partial charge in [-0.1, -0.05) is 24.3 Å². The van der Waals surface area contributed by atoms with Gasteiger partial charge < -0.3 is 9.47 Å². The van der Waals surface area contributed by atoms with Crippen LogP contribution in [-0.2, 0) is 16.7 Å². The Labute approximate surface area is 237 Å². The van der Waals surface area contributed by atoms with Crippen molar-refractivity contribution in [3.8, 4) is 11.1 Å².